The van der Waals surface area contributed by atoms with Gasteiger partial charge in [-0.25, -0.2) is 13.8 Å². The minimum atomic E-state index is -0.580. The maximum atomic E-state index is 14.4. The van der Waals surface area contributed by atoms with E-state index in [4.69, 9.17) is 0 Å². The number of nitrogens with zero attached hydrogens (tertiary/aromatic N) is 2. The summed E-state index contributed by atoms with van der Waals surface area (Å²) in [5, 5.41) is 3.43. The monoisotopic (exact) mass is 393 g/mol. The molecule has 2 aromatic heterocycles. The first-order chi connectivity index (χ1) is 13.8. The fraction of sp³-hybridized carbons (Fsp3) is 0.136. The van der Waals surface area contributed by atoms with Crippen LogP contribution in [0, 0.1) is 25.5 Å². The highest BCUT2D eigenvalue weighted by molar-refractivity contribution is 6.01. The van der Waals surface area contributed by atoms with Gasteiger partial charge in [0, 0.05) is 28.2 Å². The highest BCUT2D eigenvalue weighted by Gasteiger charge is 2.15. The Kier molecular flexibility index (Phi) is 4.58. The summed E-state index contributed by atoms with van der Waals surface area (Å²) < 4.78 is 30.0. The number of nitrogens with one attached hydrogen (secondary N) is 1. The van der Waals surface area contributed by atoms with Crippen LogP contribution in [0.5, 0.6) is 0 Å². The number of carbonyl (C=O) groups excluding carboxylic acids is 1. The number of rotatable bonds is 3. The second-order valence-electron chi connectivity index (χ2n) is 6.87. The average molecular weight is 393 g/mol. The van der Waals surface area contributed by atoms with Crippen LogP contribution in [-0.2, 0) is 11.3 Å². The number of fused-ring (bicyclic) bond motifs is 2. The number of aromatic nitrogens is 2. The Balaban J connectivity index is 1.75. The van der Waals surface area contributed by atoms with Crippen molar-refractivity contribution in [3.8, 4) is 0 Å². The van der Waals surface area contributed by atoms with Gasteiger partial charge in [-0.1, -0.05) is 18.2 Å². The van der Waals surface area contributed by atoms with E-state index in [1.807, 2.05) is 0 Å². The molecular formula is C22H17F2N3O2. The SMILES string of the molecule is Cc1cc(NC(=O)Cn2c(C)cc(=O)c3cccc(F)c32)c2cccc(F)c2n1. The first-order valence-electron chi connectivity index (χ1n) is 8.99. The van der Waals surface area contributed by atoms with Crippen molar-refractivity contribution in [3.63, 3.8) is 0 Å². The molecule has 7 heteroatoms. The summed E-state index contributed by atoms with van der Waals surface area (Å²) >= 11 is 0. The molecule has 2 aromatic carbocycles. The van der Waals surface area contributed by atoms with Crippen LogP contribution in [0.1, 0.15) is 11.4 Å². The van der Waals surface area contributed by atoms with E-state index in [1.165, 1.54) is 34.9 Å². The minimum absolute atomic E-state index is 0.0782. The van der Waals surface area contributed by atoms with Crippen molar-refractivity contribution in [1.82, 2.24) is 9.55 Å². The van der Waals surface area contributed by atoms with Gasteiger partial charge in [0.2, 0.25) is 5.91 Å². The molecule has 4 aromatic rings. The molecule has 0 spiro atoms. The number of pyridine rings is 2. The number of amides is 1. The Morgan fingerprint density at radius 2 is 1.72 bits per heavy atom. The van der Waals surface area contributed by atoms with Gasteiger partial charge in [-0.15, -0.1) is 0 Å². The summed E-state index contributed by atoms with van der Waals surface area (Å²) in [5.74, 6) is -1.49. The lowest BCUT2D eigenvalue weighted by atomic mass is 10.1. The third-order valence-electron chi connectivity index (χ3n) is 4.78. The van der Waals surface area contributed by atoms with Gasteiger partial charge >= 0.3 is 0 Å². The van der Waals surface area contributed by atoms with Gasteiger partial charge in [0.15, 0.2) is 5.43 Å². The number of hydrogen-bond acceptors (Lipinski definition) is 3. The molecule has 0 atom stereocenters. The number of benzene rings is 2. The van der Waals surface area contributed by atoms with Crippen LogP contribution in [0.3, 0.4) is 0 Å². The first-order valence-corrected chi connectivity index (χ1v) is 8.99. The standard InChI is InChI=1S/C22H17F2N3O2/c1-12-9-18(14-5-3-7-16(23)21(14)25-12)26-20(29)11-27-13(2)10-19(28)15-6-4-8-17(24)22(15)27/h3-10H,11H2,1-2H3,(H,25,26,29). The topological polar surface area (TPSA) is 64.0 Å². The molecule has 0 radical (unpaired) electrons. The molecule has 0 saturated carbocycles. The fourth-order valence-corrected chi connectivity index (χ4v) is 3.49. The van der Waals surface area contributed by atoms with Crippen LogP contribution >= 0.6 is 0 Å². The number of hydrogen-bond donors (Lipinski definition) is 1. The lowest BCUT2D eigenvalue weighted by Gasteiger charge is -2.16. The zero-order chi connectivity index (χ0) is 20.7. The van der Waals surface area contributed by atoms with Crippen molar-refractivity contribution in [3.05, 3.63) is 81.8 Å². The number of anilines is 1. The highest BCUT2D eigenvalue weighted by atomic mass is 19.1. The van der Waals surface area contributed by atoms with Gasteiger partial charge in [-0.2, -0.15) is 0 Å². The molecule has 2 heterocycles. The van der Waals surface area contributed by atoms with E-state index in [0.717, 1.165) is 0 Å². The van der Waals surface area contributed by atoms with Gasteiger partial charge in [-0.3, -0.25) is 9.59 Å². The first kappa shape index (κ1) is 18.7. The van der Waals surface area contributed by atoms with E-state index < -0.39 is 17.5 Å². The van der Waals surface area contributed by atoms with Crippen LogP contribution in [0.2, 0.25) is 0 Å². The summed E-state index contributed by atoms with van der Waals surface area (Å²) in [4.78, 5) is 29.1. The Morgan fingerprint density at radius 1 is 1.03 bits per heavy atom. The number of para-hydroxylation sites is 2. The van der Waals surface area contributed by atoms with E-state index in [1.54, 1.807) is 32.0 Å². The van der Waals surface area contributed by atoms with E-state index in [9.17, 15) is 18.4 Å². The molecule has 29 heavy (non-hydrogen) atoms. The Labute approximate surface area is 164 Å². The van der Waals surface area contributed by atoms with Crippen molar-refractivity contribution in [2.45, 2.75) is 20.4 Å². The summed E-state index contributed by atoms with van der Waals surface area (Å²) in [6, 6.07) is 11.8. The molecule has 0 aliphatic carbocycles. The number of halogens is 2. The van der Waals surface area contributed by atoms with Crippen molar-refractivity contribution < 1.29 is 13.6 Å². The van der Waals surface area contributed by atoms with Crippen LogP contribution < -0.4 is 10.7 Å². The van der Waals surface area contributed by atoms with Crippen LogP contribution in [0.15, 0.2) is 53.3 Å². The van der Waals surface area contributed by atoms with Crippen LogP contribution in [-0.4, -0.2) is 15.5 Å². The highest BCUT2D eigenvalue weighted by Crippen LogP contribution is 2.25. The van der Waals surface area contributed by atoms with Gasteiger partial charge in [0.05, 0.1) is 11.2 Å². The molecule has 0 aliphatic rings. The van der Waals surface area contributed by atoms with Crippen molar-refractivity contribution in [2.24, 2.45) is 0 Å². The summed E-state index contributed by atoms with van der Waals surface area (Å²) in [6.45, 7) is 3.14. The summed E-state index contributed by atoms with van der Waals surface area (Å²) in [6.07, 6.45) is 0. The lowest BCUT2D eigenvalue weighted by molar-refractivity contribution is -0.116. The van der Waals surface area contributed by atoms with E-state index >= 15 is 0 Å². The lowest BCUT2D eigenvalue weighted by Crippen LogP contribution is -2.23. The summed E-state index contributed by atoms with van der Waals surface area (Å²) in [7, 11) is 0. The average Bonchev–Trinajstić information content (AvgIpc) is 2.66. The molecule has 0 fully saturated rings. The molecule has 4 rings (SSSR count). The van der Waals surface area contributed by atoms with Gasteiger partial charge in [0.1, 0.15) is 23.7 Å². The van der Waals surface area contributed by atoms with Gasteiger partial charge in [-0.05, 0) is 38.1 Å². The Hall–Kier alpha value is -3.61. The van der Waals surface area contributed by atoms with E-state index in [-0.39, 0.29) is 28.4 Å². The summed E-state index contributed by atoms with van der Waals surface area (Å²) in [5.41, 5.74) is 1.37. The maximum absolute atomic E-state index is 14.4. The van der Waals surface area contributed by atoms with E-state index in [2.05, 4.69) is 10.3 Å². The molecule has 1 amide bonds. The molecule has 0 unspecified atom stereocenters. The van der Waals surface area contributed by atoms with E-state index in [0.29, 0.717) is 22.5 Å². The predicted octanol–water partition coefficient (Wildman–Crippen LogP) is 4.08. The molecule has 0 saturated heterocycles. The van der Waals surface area contributed by atoms with Gasteiger partial charge in [0.25, 0.3) is 0 Å². The Morgan fingerprint density at radius 3 is 2.48 bits per heavy atom. The second kappa shape index (κ2) is 7.09. The van der Waals surface area contributed by atoms with Crippen molar-refractivity contribution in [1.29, 1.82) is 0 Å². The minimum Gasteiger partial charge on any atom is -0.333 e. The van der Waals surface area contributed by atoms with Crippen LogP contribution in [0.4, 0.5) is 14.5 Å². The fourth-order valence-electron chi connectivity index (χ4n) is 3.49. The normalized spacial score (nSPS) is 11.2. The third kappa shape index (κ3) is 3.35. The molecule has 0 aliphatic heterocycles. The molecule has 1 N–H and O–H groups in total. The number of carbonyl (C=O) groups is 1. The van der Waals surface area contributed by atoms with Gasteiger partial charge < -0.3 is 9.88 Å². The Bertz CT molecular complexity index is 1350. The smallest absolute Gasteiger partial charge is 0.244 e. The zero-order valence-corrected chi connectivity index (χ0v) is 15.8. The zero-order valence-electron chi connectivity index (χ0n) is 15.8. The largest absolute Gasteiger partial charge is 0.333 e. The molecule has 0 bridgehead atoms. The second-order valence-corrected chi connectivity index (χ2v) is 6.87. The quantitative estimate of drug-likeness (QED) is 0.570. The van der Waals surface area contributed by atoms with Crippen molar-refractivity contribution >= 4 is 33.4 Å². The maximum Gasteiger partial charge on any atom is 0.244 e. The molecule has 146 valence electrons. The third-order valence-corrected chi connectivity index (χ3v) is 4.78. The predicted molar refractivity (Wildman–Crippen MR) is 108 cm³/mol. The molecule has 5 nitrogen and oxygen atoms in total. The van der Waals surface area contributed by atoms with Crippen molar-refractivity contribution in [2.75, 3.05) is 5.32 Å². The number of aryl methyl sites for hydroxylation is 2. The molecular weight excluding hydrogens is 376 g/mol. The van der Waals surface area contributed by atoms with Crippen LogP contribution in [0.25, 0.3) is 21.8 Å².